The largest absolute Gasteiger partial charge is 0.481 e. The predicted molar refractivity (Wildman–Crippen MR) is 202 cm³/mol. The topological polar surface area (TPSA) is 156 Å². The van der Waals surface area contributed by atoms with Crippen molar-refractivity contribution in [3.05, 3.63) is 105 Å². The maximum Gasteiger partial charge on any atom is 0.407 e. The number of pyridine rings is 2. The molecule has 5 aromatic rings. The summed E-state index contributed by atoms with van der Waals surface area (Å²) in [5, 5.41) is 19.0. The summed E-state index contributed by atoms with van der Waals surface area (Å²) in [6.45, 7) is 1.58. The van der Waals surface area contributed by atoms with Crippen molar-refractivity contribution in [2.45, 2.75) is 38.5 Å². The Balaban J connectivity index is 1.07. The van der Waals surface area contributed by atoms with Gasteiger partial charge < -0.3 is 30.5 Å². The highest BCUT2D eigenvalue weighted by atomic mass is 35.5. The van der Waals surface area contributed by atoms with E-state index in [0.29, 0.717) is 80.4 Å². The molecule has 0 bridgehead atoms. The number of methoxy groups -OCH3 is 1. The first-order valence-corrected chi connectivity index (χ1v) is 18.1. The minimum absolute atomic E-state index is 0.0247. The maximum atomic E-state index is 13.2. The molecular weight excluding hydrogens is 719 g/mol. The Morgan fingerprint density at radius 3 is 2.45 bits per heavy atom. The van der Waals surface area contributed by atoms with Crippen LogP contribution in [0.3, 0.4) is 0 Å². The van der Waals surface area contributed by atoms with Crippen LogP contribution in [0.15, 0.2) is 77.9 Å². The van der Waals surface area contributed by atoms with Crippen molar-refractivity contribution in [1.29, 1.82) is 0 Å². The maximum absolute atomic E-state index is 13.2. The van der Waals surface area contributed by atoms with E-state index in [1.54, 1.807) is 24.5 Å². The lowest BCUT2D eigenvalue weighted by Gasteiger charge is -2.15. The van der Waals surface area contributed by atoms with Crippen LogP contribution in [0.1, 0.15) is 30.4 Å². The van der Waals surface area contributed by atoms with Gasteiger partial charge in [0.25, 0.3) is 5.56 Å². The quantitative estimate of drug-likeness (QED) is 0.120. The molecule has 2 fully saturated rings. The van der Waals surface area contributed by atoms with Crippen molar-refractivity contribution in [3.8, 4) is 39.4 Å². The van der Waals surface area contributed by atoms with Gasteiger partial charge in [-0.2, -0.15) is 0 Å². The second kappa shape index (κ2) is 15.9. The average molecular weight is 758 g/mol. The lowest BCUT2D eigenvalue weighted by Crippen LogP contribution is -2.38. The van der Waals surface area contributed by atoms with Gasteiger partial charge in [-0.3, -0.25) is 14.0 Å². The molecule has 4 heterocycles. The van der Waals surface area contributed by atoms with E-state index in [2.05, 4.69) is 25.9 Å². The van der Waals surface area contributed by atoms with Gasteiger partial charge in [0, 0.05) is 72.4 Å². The van der Waals surface area contributed by atoms with Gasteiger partial charge in [0.1, 0.15) is 12.3 Å². The van der Waals surface area contributed by atoms with Gasteiger partial charge in [0.15, 0.2) is 0 Å². The number of carbonyl (C=O) groups is 2. The summed E-state index contributed by atoms with van der Waals surface area (Å²) in [7, 11) is 1.49. The van der Waals surface area contributed by atoms with E-state index in [4.69, 9.17) is 32.7 Å². The summed E-state index contributed by atoms with van der Waals surface area (Å²) in [6.07, 6.45) is 4.83. The van der Waals surface area contributed by atoms with Crippen LogP contribution in [0.25, 0.3) is 39.2 Å². The summed E-state index contributed by atoms with van der Waals surface area (Å²) >= 11 is 14.1. The van der Waals surface area contributed by atoms with Crippen molar-refractivity contribution < 1.29 is 24.2 Å². The molecule has 1 aliphatic heterocycles. The second-order valence-corrected chi connectivity index (χ2v) is 14.0. The highest BCUT2D eigenvalue weighted by molar-refractivity contribution is 6.39. The number of alkyl carbamates (subject to hydrolysis) is 1. The zero-order chi connectivity index (χ0) is 37.1. The summed E-state index contributed by atoms with van der Waals surface area (Å²) in [6, 6.07) is 18.4. The first-order chi connectivity index (χ1) is 25.7. The number of carbonyl (C=O) groups excluding carboxylic acids is 2. The van der Waals surface area contributed by atoms with E-state index in [1.807, 2.05) is 48.5 Å². The summed E-state index contributed by atoms with van der Waals surface area (Å²) in [4.78, 5) is 46.2. The van der Waals surface area contributed by atoms with Crippen LogP contribution < -0.4 is 26.2 Å². The van der Waals surface area contributed by atoms with E-state index in [9.17, 15) is 19.5 Å². The number of nitrogens with zero attached hydrogens (tertiary/aromatic N) is 3. The number of benzene rings is 2. The number of aliphatic hydroxyl groups excluding tert-OH is 1. The van der Waals surface area contributed by atoms with Gasteiger partial charge >= 0.3 is 6.09 Å². The number of halogens is 2. The highest BCUT2D eigenvalue weighted by Gasteiger charge is 2.35. The van der Waals surface area contributed by atoms with Crippen LogP contribution in [0.4, 0.5) is 4.79 Å². The Bertz CT molecular complexity index is 2250. The molecule has 2 aromatic carbocycles. The molecule has 2 unspecified atom stereocenters. The molecule has 274 valence electrons. The fourth-order valence-corrected chi connectivity index (χ4v) is 7.28. The molecule has 4 N–H and O–H groups in total. The van der Waals surface area contributed by atoms with Crippen molar-refractivity contribution in [1.82, 2.24) is 30.3 Å². The molecule has 14 heteroatoms. The van der Waals surface area contributed by atoms with E-state index < -0.39 is 6.09 Å². The molecule has 7 rings (SSSR count). The standard InChI is InChI=1S/C39H38Cl2N6O6/c1-52-37-23(21-53-39(51)44-19-27-9-11-34(49)45-27)8-10-32(46-37)31-7-3-6-30(36(31)41)29-5-2-4-28(35(29)40)22-12-13-47-33(15-22)43-18-26(38(47)50)17-42-16-24-14-25(24)20-48/h2-8,10,12-13,15,18,24-25,27,42,48H,9,11,14,16-17,19-21H2,1H3,(H,44,51)(H,45,49)/t24?,25?,27-/m0/s1. The van der Waals surface area contributed by atoms with E-state index >= 15 is 0 Å². The molecule has 0 radical (unpaired) electrons. The van der Waals surface area contributed by atoms with Gasteiger partial charge in [0.05, 0.1) is 28.4 Å². The SMILES string of the molecule is COc1nc(-c2cccc(-c3cccc(-c4ccn5c(=O)c(CNCC6CC6CO)cnc5c4)c3Cl)c2Cl)ccc1COC(=O)NC[C@@H]1CCC(=O)N1. The number of ether oxygens (including phenoxy) is 2. The van der Waals surface area contributed by atoms with Crippen molar-refractivity contribution >= 4 is 40.8 Å². The molecule has 1 aliphatic carbocycles. The Labute approximate surface area is 315 Å². The number of amides is 2. The molecule has 2 amide bonds. The Kier molecular flexibility index (Phi) is 10.9. The summed E-state index contributed by atoms with van der Waals surface area (Å²) < 4.78 is 12.4. The Hall–Kier alpha value is -5.01. The van der Waals surface area contributed by atoms with E-state index in [0.717, 1.165) is 24.1 Å². The number of hydrogen-bond acceptors (Lipinski definition) is 9. The van der Waals surface area contributed by atoms with Crippen LogP contribution in [0.5, 0.6) is 5.88 Å². The fourth-order valence-electron chi connectivity index (χ4n) is 6.62. The lowest BCUT2D eigenvalue weighted by molar-refractivity contribution is -0.119. The third kappa shape index (κ3) is 8.01. The molecular formula is C39H38Cl2N6O6. The number of fused-ring (bicyclic) bond motifs is 1. The zero-order valence-electron chi connectivity index (χ0n) is 28.9. The van der Waals surface area contributed by atoms with Crippen LogP contribution in [0, 0.1) is 11.8 Å². The first-order valence-electron chi connectivity index (χ1n) is 17.4. The summed E-state index contributed by atoms with van der Waals surface area (Å²) in [5.41, 5.74) is 5.62. The number of nitrogens with one attached hydrogen (secondary N) is 3. The number of aromatic nitrogens is 3. The van der Waals surface area contributed by atoms with Gasteiger partial charge in [0.2, 0.25) is 11.8 Å². The van der Waals surface area contributed by atoms with Gasteiger partial charge in [-0.25, -0.2) is 14.8 Å². The normalized spacial score (nSPS) is 17.8. The van der Waals surface area contributed by atoms with Crippen LogP contribution >= 0.6 is 23.2 Å². The number of hydrogen-bond donors (Lipinski definition) is 4. The number of aliphatic hydroxyl groups is 1. The van der Waals surface area contributed by atoms with Gasteiger partial charge in [-0.15, -0.1) is 0 Å². The lowest BCUT2D eigenvalue weighted by atomic mass is 9.97. The molecule has 3 aromatic heterocycles. The zero-order valence-corrected chi connectivity index (χ0v) is 30.4. The van der Waals surface area contributed by atoms with E-state index in [-0.39, 0.29) is 43.1 Å². The Morgan fingerprint density at radius 1 is 0.981 bits per heavy atom. The third-order valence-electron chi connectivity index (χ3n) is 9.75. The second-order valence-electron chi connectivity index (χ2n) is 13.3. The molecule has 1 saturated carbocycles. The van der Waals surface area contributed by atoms with Crippen molar-refractivity contribution in [2.24, 2.45) is 11.8 Å². The fraction of sp³-hybridized carbons (Fsp3) is 0.308. The molecule has 12 nitrogen and oxygen atoms in total. The van der Waals surface area contributed by atoms with Crippen LogP contribution in [0.2, 0.25) is 10.0 Å². The average Bonchev–Trinajstić information content (AvgIpc) is 3.81. The third-order valence-corrected chi connectivity index (χ3v) is 10.6. The van der Waals surface area contributed by atoms with Gasteiger partial charge in [-0.1, -0.05) is 59.6 Å². The molecule has 1 saturated heterocycles. The highest BCUT2D eigenvalue weighted by Crippen LogP contribution is 2.42. The van der Waals surface area contributed by atoms with Gasteiger partial charge in [-0.05, 0) is 61.1 Å². The van der Waals surface area contributed by atoms with Crippen LogP contribution in [-0.2, 0) is 22.7 Å². The van der Waals surface area contributed by atoms with Crippen LogP contribution in [-0.4, -0.2) is 64.3 Å². The molecule has 3 atom stereocenters. The summed E-state index contributed by atoms with van der Waals surface area (Å²) in [5.74, 6) is 1.07. The smallest absolute Gasteiger partial charge is 0.407 e. The van der Waals surface area contributed by atoms with Crippen molar-refractivity contribution in [3.63, 3.8) is 0 Å². The number of rotatable bonds is 13. The molecule has 53 heavy (non-hydrogen) atoms. The minimum atomic E-state index is -0.610. The van der Waals surface area contributed by atoms with Crippen molar-refractivity contribution in [2.75, 3.05) is 26.8 Å². The predicted octanol–water partition coefficient (Wildman–Crippen LogP) is 5.63. The van der Waals surface area contributed by atoms with E-state index in [1.165, 1.54) is 11.5 Å². The minimum Gasteiger partial charge on any atom is -0.481 e. The molecule has 0 spiro atoms. The first kappa shape index (κ1) is 36.4. The Morgan fingerprint density at radius 2 is 1.74 bits per heavy atom. The molecule has 2 aliphatic rings. The monoisotopic (exact) mass is 756 g/mol.